The summed E-state index contributed by atoms with van der Waals surface area (Å²) in [6, 6.07) is 27.9. The van der Waals surface area contributed by atoms with E-state index in [-0.39, 0.29) is 23.7 Å². The highest BCUT2D eigenvalue weighted by Gasteiger charge is 2.61. The zero-order valence-corrected chi connectivity index (χ0v) is 26.0. The molecule has 2 bridgehead atoms. The van der Waals surface area contributed by atoms with Crippen molar-refractivity contribution in [3.05, 3.63) is 130 Å². The van der Waals surface area contributed by atoms with Gasteiger partial charge in [0.05, 0.1) is 25.2 Å². The molecule has 0 radical (unpaired) electrons. The summed E-state index contributed by atoms with van der Waals surface area (Å²) in [5.74, 6) is -0.836. The number of hydrogen-bond donors (Lipinski definition) is 0. The summed E-state index contributed by atoms with van der Waals surface area (Å²) >= 11 is 10.5. The third-order valence-electron chi connectivity index (χ3n) is 8.06. The maximum Gasteiger partial charge on any atom is 0.254 e. The van der Waals surface area contributed by atoms with Crippen LogP contribution in [0.15, 0.2) is 90.0 Å². The molecule has 3 aliphatic carbocycles. The van der Waals surface area contributed by atoms with Crippen LogP contribution in [0.5, 0.6) is 5.75 Å². The molecule has 4 aromatic carbocycles. The van der Waals surface area contributed by atoms with Crippen molar-refractivity contribution in [3.8, 4) is 5.75 Å². The summed E-state index contributed by atoms with van der Waals surface area (Å²) in [6.45, 7) is 0.420. The molecule has 2 amide bonds. The number of amides is 2. The number of ether oxygens (including phenoxy) is 1. The van der Waals surface area contributed by atoms with E-state index in [1.165, 1.54) is 0 Å². The predicted octanol–water partition coefficient (Wildman–Crippen LogP) is 7.35. The lowest BCUT2D eigenvalue weighted by Gasteiger charge is -2.45. The van der Waals surface area contributed by atoms with Crippen molar-refractivity contribution in [1.29, 1.82) is 0 Å². The van der Waals surface area contributed by atoms with Crippen molar-refractivity contribution in [1.82, 2.24) is 5.01 Å². The van der Waals surface area contributed by atoms with Gasteiger partial charge >= 0.3 is 0 Å². The highest BCUT2D eigenvalue weighted by molar-refractivity contribution is 14.1. The normalized spacial score (nSPS) is 22.4. The first kappa shape index (κ1) is 26.2. The maximum absolute atomic E-state index is 13.8. The summed E-state index contributed by atoms with van der Waals surface area (Å²) in [4.78, 5) is 27.5. The standard InChI is InChI=1S/C32H21ClI2N2O3/c33-19-11-9-17(10-12-19)16-40-30-24(34)13-18(14-25(30)35)15-36-37-31(38)28-26-20-5-1-2-6-21(20)27(29(28)32(37)39)23-8-4-3-7-22(23)26/h1-15,26-29H,16H2/b36-15-/t26?,27?,28-,29-/m1/s1. The number of imide groups is 1. The van der Waals surface area contributed by atoms with Crippen LogP contribution < -0.4 is 4.74 Å². The maximum atomic E-state index is 13.8. The molecule has 4 aliphatic rings. The van der Waals surface area contributed by atoms with E-state index in [9.17, 15) is 9.59 Å². The molecule has 4 aromatic rings. The van der Waals surface area contributed by atoms with Gasteiger partial charge in [0.1, 0.15) is 12.4 Å². The van der Waals surface area contributed by atoms with Gasteiger partial charge in [-0.3, -0.25) is 9.59 Å². The minimum Gasteiger partial charge on any atom is -0.487 e. The first-order chi connectivity index (χ1) is 19.4. The highest BCUT2D eigenvalue weighted by atomic mass is 127. The Hall–Kier alpha value is -2.76. The number of benzene rings is 4. The van der Waals surface area contributed by atoms with Gasteiger partial charge in [0.2, 0.25) is 0 Å². The van der Waals surface area contributed by atoms with Crippen LogP contribution in [0.4, 0.5) is 0 Å². The molecule has 0 saturated carbocycles. The van der Waals surface area contributed by atoms with Crippen molar-refractivity contribution >= 4 is 74.8 Å². The Bertz CT molecular complexity index is 1580. The first-order valence-corrected chi connectivity index (χ1v) is 15.4. The average Bonchev–Trinajstić information content (AvgIpc) is 3.22. The topological polar surface area (TPSA) is 59.0 Å². The zero-order chi connectivity index (χ0) is 27.5. The first-order valence-electron chi connectivity index (χ1n) is 12.9. The number of halogens is 3. The molecule has 198 valence electrons. The molecule has 8 rings (SSSR count). The van der Waals surface area contributed by atoms with Gasteiger partial charge < -0.3 is 4.74 Å². The Morgan fingerprint density at radius 3 is 1.73 bits per heavy atom. The number of hydrogen-bond acceptors (Lipinski definition) is 4. The van der Waals surface area contributed by atoms with Gasteiger partial charge in [-0.25, -0.2) is 0 Å². The number of nitrogens with zero attached hydrogens (tertiary/aromatic N) is 2. The van der Waals surface area contributed by atoms with Crippen LogP contribution in [0.2, 0.25) is 5.02 Å². The van der Waals surface area contributed by atoms with Gasteiger partial charge in [-0.2, -0.15) is 10.1 Å². The van der Waals surface area contributed by atoms with E-state index in [0.717, 1.165) is 51.3 Å². The largest absolute Gasteiger partial charge is 0.487 e. The minimum atomic E-state index is -0.441. The van der Waals surface area contributed by atoms with E-state index in [1.54, 1.807) is 6.21 Å². The Morgan fingerprint density at radius 1 is 0.775 bits per heavy atom. The lowest BCUT2D eigenvalue weighted by atomic mass is 9.55. The monoisotopic (exact) mass is 770 g/mol. The second-order valence-corrected chi connectivity index (χ2v) is 13.0. The Balaban J connectivity index is 1.16. The third kappa shape index (κ3) is 4.19. The van der Waals surface area contributed by atoms with Crippen LogP contribution in [0.25, 0.3) is 0 Å². The Kier molecular flexibility index (Phi) is 6.71. The molecule has 1 saturated heterocycles. The second kappa shape index (κ2) is 10.3. The van der Waals surface area contributed by atoms with Crippen molar-refractivity contribution in [2.45, 2.75) is 18.4 Å². The molecule has 8 heteroatoms. The van der Waals surface area contributed by atoms with E-state index in [0.29, 0.717) is 11.6 Å². The molecular weight excluding hydrogens is 750 g/mol. The fourth-order valence-electron chi connectivity index (χ4n) is 6.43. The fraction of sp³-hybridized carbons (Fsp3) is 0.156. The van der Waals surface area contributed by atoms with Crippen LogP contribution in [-0.4, -0.2) is 23.0 Å². The van der Waals surface area contributed by atoms with Crippen molar-refractivity contribution < 1.29 is 14.3 Å². The lowest BCUT2D eigenvalue weighted by Crippen LogP contribution is -2.41. The summed E-state index contributed by atoms with van der Waals surface area (Å²) in [7, 11) is 0. The Morgan fingerprint density at radius 2 is 1.25 bits per heavy atom. The van der Waals surface area contributed by atoms with E-state index in [1.807, 2.05) is 60.7 Å². The van der Waals surface area contributed by atoms with E-state index in [2.05, 4.69) is 74.5 Å². The van der Waals surface area contributed by atoms with Crippen LogP contribution >= 0.6 is 56.8 Å². The van der Waals surface area contributed by atoms with Gasteiger partial charge in [0, 0.05) is 16.9 Å². The van der Waals surface area contributed by atoms with Gasteiger partial charge in [-0.1, -0.05) is 72.3 Å². The summed E-state index contributed by atoms with van der Waals surface area (Å²) in [5.41, 5.74) is 6.41. The number of hydrazone groups is 1. The highest BCUT2D eigenvalue weighted by Crippen LogP contribution is 2.60. The third-order valence-corrected chi connectivity index (χ3v) is 9.92. The molecule has 0 N–H and O–H groups in total. The molecule has 0 spiro atoms. The van der Waals surface area contributed by atoms with Gasteiger partial charge in [0.15, 0.2) is 0 Å². The van der Waals surface area contributed by atoms with E-state index in [4.69, 9.17) is 16.3 Å². The molecule has 1 fully saturated rings. The van der Waals surface area contributed by atoms with E-state index < -0.39 is 11.8 Å². The molecule has 5 nitrogen and oxygen atoms in total. The van der Waals surface area contributed by atoms with Crippen molar-refractivity contribution in [2.24, 2.45) is 16.9 Å². The van der Waals surface area contributed by atoms with Gasteiger partial charge in [-0.05, 0) is 103 Å². The Labute approximate surface area is 263 Å². The van der Waals surface area contributed by atoms with Crippen LogP contribution in [0.1, 0.15) is 45.2 Å². The molecule has 0 aromatic heterocycles. The van der Waals surface area contributed by atoms with Gasteiger partial charge in [0.25, 0.3) is 11.8 Å². The molecule has 1 aliphatic heterocycles. The number of carbonyl (C=O) groups excluding carboxylic acids is 2. The summed E-state index contributed by atoms with van der Waals surface area (Å²) in [5, 5.41) is 6.26. The minimum absolute atomic E-state index is 0.141. The molecule has 40 heavy (non-hydrogen) atoms. The molecule has 1 heterocycles. The second-order valence-electron chi connectivity index (χ2n) is 10.2. The average molecular weight is 771 g/mol. The lowest BCUT2D eigenvalue weighted by molar-refractivity contribution is -0.139. The number of rotatable bonds is 5. The zero-order valence-electron chi connectivity index (χ0n) is 20.9. The molecular formula is C32H21ClI2N2O3. The van der Waals surface area contributed by atoms with Gasteiger partial charge in [-0.15, -0.1) is 0 Å². The van der Waals surface area contributed by atoms with Crippen LogP contribution in [-0.2, 0) is 16.2 Å². The summed E-state index contributed by atoms with van der Waals surface area (Å²) < 4.78 is 7.92. The van der Waals surface area contributed by atoms with Crippen LogP contribution in [0, 0.1) is 19.0 Å². The smallest absolute Gasteiger partial charge is 0.254 e. The fourth-order valence-corrected chi connectivity index (χ4v) is 8.68. The van der Waals surface area contributed by atoms with Crippen molar-refractivity contribution in [2.75, 3.05) is 0 Å². The quantitative estimate of drug-likeness (QED) is 0.121. The van der Waals surface area contributed by atoms with Crippen molar-refractivity contribution in [3.63, 3.8) is 0 Å². The van der Waals surface area contributed by atoms with Crippen LogP contribution in [0.3, 0.4) is 0 Å². The predicted molar refractivity (Wildman–Crippen MR) is 171 cm³/mol. The molecule has 0 unspecified atom stereocenters. The number of carbonyl (C=O) groups is 2. The summed E-state index contributed by atoms with van der Waals surface area (Å²) in [6.07, 6.45) is 1.60. The SMILES string of the molecule is O=C1[C@@H]2C3c4ccccc4C(c4ccccc43)[C@H]2C(=O)N1/N=C\c1cc(I)c(OCc2ccc(Cl)cc2)c(I)c1. The van der Waals surface area contributed by atoms with E-state index >= 15 is 0 Å². The molecule has 2 atom stereocenters.